The summed E-state index contributed by atoms with van der Waals surface area (Å²) in [6.07, 6.45) is 2.85. The summed E-state index contributed by atoms with van der Waals surface area (Å²) in [6, 6.07) is 33.1. The van der Waals surface area contributed by atoms with Crippen LogP contribution in [0.25, 0.3) is 0 Å². The maximum Gasteiger partial charge on any atom is 0.326 e. The molecule has 1 unspecified atom stereocenters. The summed E-state index contributed by atoms with van der Waals surface area (Å²) in [4.78, 5) is 27.6. The third kappa shape index (κ3) is 7.29. The van der Waals surface area contributed by atoms with E-state index in [-0.39, 0.29) is 12.2 Å². The Morgan fingerprint density at radius 1 is 0.850 bits per heavy atom. The van der Waals surface area contributed by atoms with Crippen LogP contribution in [-0.4, -0.2) is 42.6 Å². The second-order valence-corrected chi connectivity index (χ2v) is 10.2. The van der Waals surface area contributed by atoms with Gasteiger partial charge in [-0.25, -0.2) is 4.79 Å². The topological polar surface area (TPSA) is 78.9 Å². The Hall–Kier alpha value is -4.58. The van der Waals surface area contributed by atoms with Crippen molar-refractivity contribution in [2.45, 2.75) is 25.3 Å². The Morgan fingerprint density at radius 3 is 2.17 bits per heavy atom. The molecule has 1 saturated carbocycles. The molecule has 0 aromatic heterocycles. The minimum absolute atomic E-state index is 0.155. The van der Waals surface area contributed by atoms with E-state index in [0.29, 0.717) is 23.4 Å². The number of nitrogens with zero attached hydrogens (tertiary/aromatic N) is 1. The molecule has 0 radical (unpaired) electrons. The van der Waals surface area contributed by atoms with E-state index in [2.05, 4.69) is 34.5 Å². The summed E-state index contributed by atoms with van der Waals surface area (Å²) in [5.74, 6) is 0.386. The van der Waals surface area contributed by atoms with E-state index in [1.807, 2.05) is 48.5 Å². The summed E-state index contributed by atoms with van der Waals surface area (Å²) in [6.45, 7) is 2.41. The molecule has 6 nitrogen and oxygen atoms in total. The second-order valence-electron chi connectivity index (χ2n) is 10.2. The van der Waals surface area contributed by atoms with Crippen molar-refractivity contribution in [1.29, 1.82) is 0 Å². The Labute approximate surface area is 235 Å². The van der Waals surface area contributed by atoms with Crippen molar-refractivity contribution in [3.63, 3.8) is 0 Å². The van der Waals surface area contributed by atoms with Gasteiger partial charge in [0, 0.05) is 35.5 Å². The maximum atomic E-state index is 13.1. The molecule has 1 aliphatic carbocycles. The van der Waals surface area contributed by atoms with Gasteiger partial charge in [-0.1, -0.05) is 72.8 Å². The predicted molar refractivity (Wildman–Crippen MR) is 158 cm³/mol. The first-order valence-electron chi connectivity index (χ1n) is 13.8. The van der Waals surface area contributed by atoms with Crippen LogP contribution in [0.4, 0.5) is 11.4 Å². The number of hydrogen-bond acceptors (Lipinski definition) is 5. The third-order valence-electron chi connectivity index (χ3n) is 7.13. The fraction of sp³-hybridized carbons (Fsp3) is 0.235. The van der Waals surface area contributed by atoms with Crippen molar-refractivity contribution in [1.82, 2.24) is 0 Å². The zero-order valence-electron chi connectivity index (χ0n) is 22.4. The van der Waals surface area contributed by atoms with E-state index in [1.165, 1.54) is 18.5 Å². The highest BCUT2D eigenvalue weighted by Gasteiger charge is 2.24. The van der Waals surface area contributed by atoms with E-state index < -0.39 is 12.0 Å². The van der Waals surface area contributed by atoms with E-state index in [4.69, 9.17) is 4.74 Å². The van der Waals surface area contributed by atoms with Crippen LogP contribution < -0.4 is 15.0 Å². The van der Waals surface area contributed by atoms with Gasteiger partial charge in [0.1, 0.15) is 18.4 Å². The number of carbonyl (C=O) groups excluding carboxylic acids is 1. The summed E-state index contributed by atoms with van der Waals surface area (Å²) >= 11 is 0. The van der Waals surface area contributed by atoms with Gasteiger partial charge in [-0.15, -0.1) is 0 Å². The van der Waals surface area contributed by atoms with Crippen LogP contribution >= 0.6 is 0 Å². The Bertz CT molecular complexity index is 1400. The normalized spacial score (nSPS) is 13.3. The van der Waals surface area contributed by atoms with Crippen molar-refractivity contribution < 1.29 is 19.4 Å². The van der Waals surface area contributed by atoms with Gasteiger partial charge < -0.3 is 20.1 Å². The van der Waals surface area contributed by atoms with Gasteiger partial charge in [0.25, 0.3) is 0 Å². The lowest BCUT2D eigenvalue weighted by Gasteiger charge is -2.25. The summed E-state index contributed by atoms with van der Waals surface area (Å²) in [5.41, 5.74) is 3.57. The standard InChI is InChI=1S/C34H34N2O4/c37-33(27-9-3-1-4-10-27)30-13-7-8-14-31(30)35-32(34(38)39)23-25-17-19-29(20-18-25)40-22-21-36(24-26-15-16-26)28-11-5-2-6-12-28/h1-14,17-20,26,32,35H,15-16,21-24H2,(H,38,39). The molecule has 0 heterocycles. The Balaban J connectivity index is 1.19. The molecule has 0 amide bonds. The number of hydrogen-bond donors (Lipinski definition) is 2. The smallest absolute Gasteiger partial charge is 0.326 e. The number of rotatable bonds is 14. The molecule has 0 bridgehead atoms. The first kappa shape index (κ1) is 27.0. The summed E-state index contributed by atoms with van der Waals surface area (Å²) < 4.78 is 6.04. The molecule has 0 aliphatic heterocycles. The summed E-state index contributed by atoms with van der Waals surface area (Å²) in [5, 5.41) is 13.0. The van der Waals surface area contributed by atoms with Crippen LogP contribution in [0, 0.1) is 5.92 Å². The van der Waals surface area contributed by atoms with Crippen molar-refractivity contribution in [3.05, 3.63) is 126 Å². The third-order valence-corrected chi connectivity index (χ3v) is 7.13. The first-order chi connectivity index (χ1) is 19.6. The molecule has 4 aromatic rings. The van der Waals surface area contributed by atoms with Crippen LogP contribution in [0.15, 0.2) is 109 Å². The monoisotopic (exact) mass is 534 g/mol. The van der Waals surface area contributed by atoms with Crippen LogP contribution in [0.2, 0.25) is 0 Å². The fourth-order valence-corrected chi connectivity index (χ4v) is 4.75. The highest BCUT2D eigenvalue weighted by atomic mass is 16.5. The quantitative estimate of drug-likeness (QED) is 0.184. The number of nitrogens with one attached hydrogen (secondary N) is 1. The molecule has 1 fully saturated rings. The average molecular weight is 535 g/mol. The number of carbonyl (C=O) groups is 2. The van der Waals surface area contributed by atoms with Gasteiger partial charge in [0.15, 0.2) is 5.78 Å². The van der Waals surface area contributed by atoms with Gasteiger partial charge in [-0.05, 0) is 60.7 Å². The highest BCUT2D eigenvalue weighted by Crippen LogP contribution is 2.31. The molecular weight excluding hydrogens is 500 g/mol. The number of carboxylic acids is 1. The lowest BCUT2D eigenvalue weighted by atomic mass is 10.00. The number of aliphatic carboxylic acids is 1. The number of benzene rings is 4. The van der Waals surface area contributed by atoms with Crippen LogP contribution in [0.3, 0.4) is 0 Å². The molecule has 0 saturated heterocycles. The minimum atomic E-state index is -0.987. The number of anilines is 2. The van der Waals surface area contributed by atoms with Gasteiger partial charge in [-0.3, -0.25) is 4.79 Å². The van der Waals surface area contributed by atoms with Crippen molar-refractivity contribution in [2.75, 3.05) is 29.9 Å². The largest absolute Gasteiger partial charge is 0.492 e. The zero-order chi connectivity index (χ0) is 27.7. The molecule has 1 atom stereocenters. The highest BCUT2D eigenvalue weighted by molar-refractivity contribution is 6.12. The molecule has 40 heavy (non-hydrogen) atoms. The first-order valence-corrected chi connectivity index (χ1v) is 13.8. The predicted octanol–water partition coefficient (Wildman–Crippen LogP) is 6.32. The molecular formula is C34H34N2O4. The van der Waals surface area contributed by atoms with Gasteiger partial charge in [0.2, 0.25) is 0 Å². The molecule has 0 spiro atoms. The molecule has 6 heteroatoms. The lowest BCUT2D eigenvalue weighted by Crippen LogP contribution is -2.32. The fourth-order valence-electron chi connectivity index (χ4n) is 4.75. The minimum Gasteiger partial charge on any atom is -0.492 e. The number of carboxylic acid groups (broad SMARTS) is 1. The molecule has 4 aromatic carbocycles. The van der Waals surface area contributed by atoms with Gasteiger partial charge in [-0.2, -0.15) is 0 Å². The van der Waals surface area contributed by atoms with Crippen LogP contribution in [-0.2, 0) is 11.2 Å². The second kappa shape index (κ2) is 13.0. The molecule has 5 rings (SSSR count). The average Bonchev–Trinajstić information content (AvgIpc) is 3.82. The van der Waals surface area contributed by atoms with E-state index in [1.54, 1.807) is 36.4 Å². The van der Waals surface area contributed by atoms with E-state index in [9.17, 15) is 14.7 Å². The Morgan fingerprint density at radius 2 is 1.50 bits per heavy atom. The number of para-hydroxylation sites is 2. The lowest BCUT2D eigenvalue weighted by molar-refractivity contribution is -0.137. The number of ketones is 1. The molecule has 204 valence electrons. The molecule has 2 N–H and O–H groups in total. The zero-order valence-corrected chi connectivity index (χ0v) is 22.4. The van der Waals surface area contributed by atoms with Crippen molar-refractivity contribution in [2.24, 2.45) is 5.92 Å². The number of ether oxygens (including phenoxy) is 1. The summed E-state index contributed by atoms with van der Waals surface area (Å²) in [7, 11) is 0. The maximum absolute atomic E-state index is 13.1. The van der Waals surface area contributed by atoms with Crippen LogP contribution in [0.1, 0.15) is 34.3 Å². The Kier molecular flexibility index (Phi) is 8.76. The van der Waals surface area contributed by atoms with E-state index >= 15 is 0 Å². The molecule has 1 aliphatic rings. The van der Waals surface area contributed by atoms with Crippen molar-refractivity contribution >= 4 is 23.1 Å². The van der Waals surface area contributed by atoms with Crippen molar-refractivity contribution in [3.8, 4) is 5.75 Å². The SMILES string of the molecule is O=C(c1ccccc1)c1ccccc1NC(Cc1ccc(OCCN(CC2CC2)c2ccccc2)cc1)C(=O)O. The van der Waals surface area contributed by atoms with E-state index in [0.717, 1.165) is 30.3 Å². The van der Waals surface area contributed by atoms with Crippen LogP contribution in [0.5, 0.6) is 5.75 Å². The van der Waals surface area contributed by atoms with Gasteiger partial charge in [0.05, 0.1) is 6.54 Å². The van der Waals surface area contributed by atoms with Gasteiger partial charge >= 0.3 is 5.97 Å².